The van der Waals surface area contributed by atoms with E-state index in [0.29, 0.717) is 5.56 Å². The fourth-order valence-corrected chi connectivity index (χ4v) is 3.31. The van der Waals surface area contributed by atoms with Crippen LogP contribution in [0, 0.1) is 18.3 Å². The molecule has 29 heavy (non-hydrogen) atoms. The predicted octanol–water partition coefficient (Wildman–Crippen LogP) is 6.08. The Balaban J connectivity index is 1.68. The summed E-state index contributed by atoms with van der Waals surface area (Å²) in [5.41, 5.74) is 5.95. The molecule has 0 radical (unpaired) electrons. The van der Waals surface area contributed by atoms with Crippen molar-refractivity contribution in [3.63, 3.8) is 0 Å². The molecule has 5 nitrogen and oxygen atoms in total. The third-order valence-electron chi connectivity index (χ3n) is 4.74. The second-order valence-corrected chi connectivity index (χ2v) is 6.85. The van der Waals surface area contributed by atoms with Gasteiger partial charge in [0.25, 0.3) is 0 Å². The van der Waals surface area contributed by atoms with Crippen LogP contribution < -0.4 is 10.1 Å². The molecule has 2 aromatic heterocycles. The molecular formula is C24H20N4O. The monoisotopic (exact) mass is 380 g/mol. The molecule has 0 amide bonds. The number of fused-ring (bicyclic) bond motifs is 1. The molecule has 1 N–H and O–H groups in total. The number of hydrogen-bond acceptors (Lipinski definition) is 4. The quantitative estimate of drug-likeness (QED) is 0.455. The Labute approximate surface area is 169 Å². The minimum Gasteiger partial charge on any atom is -0.457 e. The zero-order valence-electron chi connectivity index (χ0n) is 16.3. The third kappa shape index (κ3) is 3.56. The van der Waals surface area contributed by atoms with Crippen molar-refractivity contribution in [3.8, 4) is 17.6 Å². The van der Waals surface area contributed by atoms with E-state index in [0.717, 1.165) is 45.1 Å². The molecule has 4 rings (SSSR count). The summed E-state index contributed by atoms with van der Waals surface area (Å²) in [6, 6.07) is 19.5. The first-order chi connectivity index (χ1) is 14.1. The maximum absolute atomic E-state index is 9.59. The average Bonchev–Trinajstić information content (AvgIpc) is 3.08. The Morgan fingerprint density at radius 2 is 1.79 bits per heavy atom. The lowest BCUT2D eigenvalue weighted by Gasteiger charge is -2.12. The van der Waals surface area contributed by atoms with E-state index in [4.69, 9.17) is 4.74 Å². The minimum atomic E-state index is 0.483. The number of nitriles is 1. The van der Waals surface area contributed by atoms with Crippen molar-refractivity contribution in [1.82, 2.24) is 9.61 Å². The average molecular weight is 380 g/mol. The highest BCUT2D eigenvalue weighted by molar-refractivity contribution is 5.87. The summed E-state index contributed by atoms with van der Waals surface area (Å²) < 4.78 is 7.63. The second kappa shape index (κ2) is 7.53. The van der Waals surface area contributed by atoms with E-state index in [-0.39, 0.29) is 0 Å². The summed E-state index contributed by atoms with van der Waals surface area (Å²) >= 11 is 0. The van der Waals surface area contributed by atoms with Crippen molar-refractivity contribution in [2.45, 2.75) is 13.8 Å². The molecule has 0 aliphatic heterocycles. The second-order valence-electron chi connectivity index (χ2n) is 6.85. The van der Waals surface area contributed by atoms with Gasteiger partial charge in [0.05, 0.1) is 23.0 Å². The van der Waals surface area contributed by atoms with Gasteiger partial charge in [0.1, 0.15) is 17.6 Å². The van der Waals surface area contributed by atoms with Crippen LogP contribution in [0.25, 0.3) is 11.1 Å². The lowest BCUT2D eigenvalue weighted by molar-refractivity contribution is 0.483. The molecule has 0 fully saturated rings. The van der Waals surface area contributed by atoms with Gasteiger partial charge in [0.2, 0.25) is 0 Å². The summed E-state index contributed by atoms with van der Waals surface area (Å²) in [7, 11) is 0. The zero-order valence-corrected chi connectivity index (χ0v) is 16.3. The fourth-order valence-electron chi connectivity index (χ4n) is 3.31. The van der Waals surface area contributed by atoms with E-state index in [1.165, 1.54) is 0 Å². The Kier molecular flexibility index (Phi) is 4.76. The predicted molar refractivity (Wildman–Crippen MR) is 116 cm³/mol. The van der Waals surface area contributed by atoms with Crippen molar-refractivity contribution < 1.29 is 4.74 Å². The molecule has 0 aliphatic rings. The molecule has 4 aromatic rings. The molecule has 142 valence electrons. The molecule has 0 aliphatic carbocycles. The van der Waals surface area contributed by atoms with Crippen molar-refractivity contribution in [3.05, 3.63) is 90.3 Å². The molecule has 5 heteroatoms. The summed E-state index contributed by atoms with van der Waals surface area (Å²) in [4.78, 5) is 0. The van der Waals surface area contributed by atoms with Crippen LogP contribution in [0.15, 0.2) is 73.6 Å². The molecule has 0 saturated heterocycles. The summed E-state index contributed by atoms with van der Waals surface area (Å²) in [6.45, 7) is 8.02. The number of nitrogens with zero attached hydrogens (tertiary/aromatic N) is 3. The first kappa shape index (κ1) is 18.3. The molecule has 2 heterocycles. The Bertz CT molecular complexity index is 1230. The maximum atomic E-state index is 9.59. The van der Waals surface area contributed by atoms with Crippen LogP contribution in [-0.2, 0) is 0 Å². The van der Waals surface area contributed by atoms with E-state index in [1.54, 1.807) is 10.7 Å². The lowest BCUT2D eigenvalue weighted by Crippen LogP contribution is -2.00. The Morgan fingerprint density at radius 1 is 1.10 bits per heavy atom. The zero-order chi connectivity index (χ0) is 20.4. The van der Waals surface area contributed by atoms with Crippen molar-refractivity contribution in [1.29, 1.82) is 5.26 Å². The van der Waals surface area contributed by atoms with Crippen LogP contribution >= 0.6 is 0 Å². The fraction of sp³-hybridized carbons (Fsp3) is 0.0833. The highest BCUT2D eigenvalue weighted by Crippen LogP contribution is 2.32. The van der Waals surface area contributed by atoms with Gasteiger partial charge < -0.3 is 10.1 Å². The number of anilines is 2. The van der Waals surface area contributed by atoms with Gasteiger partial charge in [-0.1, -0.05) is 24.8 Å². The first-order valence-corrected chi connectivity index (χ1v) is 9.23. The Hall–Kier alpha value is -4.04. The third-order valence-corrected chi connectivity index (χ3v) is 4.74. The molecule has 0 saturated carbocycles. The van der Waals surface area contributed by atoms with E-state index in [1.807, 2.05) is 74.6 Å². The van der Waals surface area contributed by atoms with Crippen molar-refractivity contribution in [2.24, 2.45) is 0 Å². The van der Waals surface area contributed by atoms with E-state index < -0.39 is 0 Å². The van der Waals surface area contributed by atoms with E-state index >= 15 is 0 Å². The number of rotatable bonds is 5. The highest BCUT2D eigenvalue weighted by atomic mass is 16.5. The standard InChI is InChI=1S/C24H20N4O/c1-16(2)22-15-28-24(17(22)3)23(18(13-25)14-26-28)27-19-9-11-21(12-10-19)29-20-7-5-4-6-8-20/h4-12,14-15,27H,1H2,2-3H3. The number of benzene rings is 2. The molecule has 0 spiro atoms. The van der Waals surface area contributed by atoms with Crippen LogP contribution in [-0.4, -0.2) is 9.61 Å². The van der Waals surface area contributed by atoms with Gasteiger partial charge >= 0.3 is 0 Å². The van der Waals surface area contributed by atoms with Crippen LogP contribution in [0.5, 0.6) is 11.5 Å². The van der Waals surface area contributed by atoms with E-state index in [9.17, 15) is 5.26 Å². The number of aryl methyl sites for hydroxylation is 1. The maximum Gasteiger partial charge on any atom is 0.127 e. The van der Waals surface area contributed by atoms with Crippen molar-refractivity contribution >= 4 is 22.5 Å². The molecule has 0 unspecified atom stereocenters. The van der Waals surface area contributed by atoms with Gasteiger partial charge in [-0.25, -0.2) is 4.52 Å². The van der Waals surface area contributed by atoms with Crippen molar-refractivity contribution in [2.75, 3.05) is 5.32 Å². The minimum absolute atomic E-state index is 0.483. The van der Waals surface area contributed by atoms with E-state index in [2.05, 4.69) is 23.1 Å². The summed E-state index contributed by atoms with van der Waals surface area (Å²) in [5.74, 6) is 1.53. The largest absolute Gasteiger partial charge is 0.457 e. The number of ether oxygens (including phenoxy) is 1. The number of para-hydroxylation sites is 1. The lowest BCUT2D eigenvalue weighted by atomic mass is 10.1. The van der Waals surface area contributed by atoms with Crippen LogP contribution in [0.2, 0.25) is 0 Å². The van der Waals surface area contributed by atoms with Gasteiger partial charge in [-0.2, -0.15) is 10.4 Å². The van der Waals surface area contributed by atoms with Gasteiger partial charge in [-0.05, 0) is 61.4 Å². The summed E-state index contributed by atoms with van der Waals surface area (Å²) in [6.07, 6.45) is 3.51. The normalized spacial score (nSPS) is 10.5. The van der Waals surface area contributed by atoms with Gasteiger partial charge in [0, 0.05) is 17.4 Å². The van der Waals surface area contributed by atoms with Crippen LogP contribution in [0.3, 0.4) is 0 Å². The SMILES string of the molecule is C=C(C)c1cn2ncc(C#N)c(Nc3ccc(Oc4ccccc4)cc3)c2c1C. The Morgan fingerprint density at radius 3 is 2.45 bits per heavy atom. The number of aromatic nitrogens is 2. The van der Waals surface area contributed by atoms with Crippen LogP contribution in [0.4, 0.5) is 11.4 Å². The molecule has 2 aromatic carbocycles. The molecular weight excluding hydrogens is 360 g/mol. The van der Waals surface area contributed by atoms with Gasteiger partial charge in [-0.3, -0.25) is 0 Å². The van der Waals surface area contributed by atoms with Crippen LogP contribution in [0.1, 0.15) is 23.6 Å². The number of allylic oxidation sites excluding steroid dienone is 1. The molecule has 0 atom stereocenters. The number of hydrogen-bond donors (Lipinski definition) is 1. The molecule has 0 bridgehead atoms. The van der Waals surface area contributed by atoms with Gasteiger partial charge in [-0.15, -0.1) is 0 Å². The summed E-state index contributed by atoms with van der Waals surface area (Å²) in [5, 5.41) is 17.3. The highest BCUT2D eigenvalue weighted by Gasteiger charge is 2.16. The first-order valence-electron chi connectivity index (χ1n) is 9.23. The van der Waals surface area contributed by atoms with Gasteiger partial charge in [0.15, 0.2) is 0 Å². The topological polar surface area (TPSA) is 62.4 Å². The smallest absolute Gasteiger partial charge is 0.127 e. The number of nitrogens with one attached hydrogen (secondary N) is 1.